The Bertz CT molecular complexity index is 722. The third-order valence-electron chi connectivity index (χ3n) is 4.77. The van der Waals surface area contributed by atoms with Crippen molar-refractivity contribution in [1.29, 1.82) is 0 Å². The van der Waals surface area contributed by atoms with Crippen LogP contribution in [0.25, 0.3) is 0 Å². The standard InChI is InChI=1S/C20H28N4O3.HI/c1-21-20(22-14-17-5-4-10-27-17)23-15-6-8-24(9-7-15)16-11-18(25-2)13-19(12-16)26-3;/h4-5,10-13,15H,6-9,14H2,1-3H3,(H2,21,22,23);1H. The third kappa shape index (κ3) is 5.95. The molecule has 0 amide bonds. The lowest BCUT2D eigenvalue weighted by Crippen LogP contribution is -2.48. The monoisotopic (exact) mass is 500 g/mol. The van der Waals surface area contributed by atoms with Crippen molar-refractivity contribution in [2.24, 2.45) is 4.99 Å². The summed E-state index contributed by atoms with van der Waals surface area (Å²) in [5, 5.41) is 6.80. The average Bonchev–Trinajstić information content (AvgIpc) is 3.24. The molecule has 1 saturated heterocycles. The summed E-state index contributed by atoms with van der Waals surface area (Å²) in [4.78, 5) is 6.67. The van der Waals surface area contributed by atoms with E-state index in [1.807, 2.05) is 18.2 Å². The molecule has 2 heterocycles. The fourth-order valence-electron chi connectivity index (χ4n) is 3.23. The van der Waals surface area contributed by atoms with Crippen molar-refractivity contribution in [2.45, 2.75) is 25.4 Å². The number of methoxy groups -OCH3 is 2. The predicted molar refractivity (Wildman–Crippen MR) is 122 cm³/mol. The van der Waals surface area contributed by atoms with Crippen LogP contribution in [0, 0.1) is 0 Å². The fourth-order valence-corrected chi connectivity index (χ4v) is 3.23. The van der Waals surface area contributed by atoms with E-state index in [0.717, 1.165) is 54.8 Å². The van der Waals surface area contributed by atoms with Gasteiger partial charge in [-0.3, -0.25) is 4.99 Å². The molecule has 28 heavy (non-hydrogen) atoms. The molecule has 0 unspecified atom stereocenters. The highest BCUT2D eigenvalue weighted by Crippen LogP contribution is 2.30. The number of hydrogen-bond acceptors (Lipinski definition) is 5. The minimum atomic E-state index is 0. The summed E-state index contributed by atoms with van der Waals surface area (Å²) >= 11 is 0. The van der Waals surface area contributed by atoms with E-state index in [-0.39, 0.29) is 24.0 Å². The van der Waals surface area contributed by atoms with Crippen LogP contribution in [-0.2, 0) is 6.54 Å². The summed E-state index contributed by atoms with van der Waals surface area (Å²) in [6.45, 7) is 2.54. The summed E-state index contributed by atoms with van der Waals surface area (Å²) in [5.41, 5.74) is 1.13. The second-order valence-electron chi connectivity index (χ2n) is 6.48. The molecule has 3 rings (SSSR count). The Labute approximate surface area is 183 Å². The van der Waals surface area contributed by atoms with Crippen molar-refractivity contribution >= 4 is 35.6 Å². The molecule has 2 N–H and O–H groups in total. The molecule has 7 nitrogen and oxygen atoms in total. The van der Waals surface area contributed by atoms with Gasteiger partial charge in [0, 0.05) is 50.1 Å². The van der Waals surface area contributed by atoms with Crippen molar-refractivity contribution in [3.63, 3.8) is 0 Å². The molecule has 0 saturated carbocycles. The summed E-state index contributed by atoms with van der Waals surface area (Å²) in [5.74, 6) is 3.31. The molecular weight excluding hydrogens is 471 g/mol. The summed E-state index contributed by atoms with van der Waals surface area (Å²) in [6, 6.07) is 10.2. The van der Waals surface area contributed by atoms with Crippen LogP contribution in [-0.4, -0.2) is 46.4 Å². The minimum Gasteiger partial charge on any atom is -0.497 e. The van der Waals surface area contributed by atoms with Gasteiger partial charge in [-0.1, -0.05) is 0 Å². The first-order valence-electron chi connectivity index (χ1n) is 9.19. The summed E-state index contributed by atoms with van der Waals surface area (Å²) in [6.07, 6.45) is 3.73. The van der Waals surface area contributed by atoms with E-state index in [4.69, 9.17) is 13.9 Å². The first-order chi connectivity index (χ1) is 13.2. The van der Waals surface area contributed by atoms with Crippen molar-refractivity contribution in [3.8, 4) is 11.5 Å². The van der Waals surface area contributed by atoms with Crippen molar-refractivity contribution < 1.29 is 13.9 Å². The molecule has 1 aromatic heterocycles. The maximum Gasteiger partial charge on any atom is 0.191 e. The molecule has 0 spiro atoms. The number of halogens is 1. The normalized spacial score (nSPS) is 15.0. The second-order valence-corrected chi connectivity index (χ2v) is 6.48. The Morgan fingerprint density at radius 3 is 2.39 bits per heavy atom. The first-order valence-corrected chi connectivity index (χ1v) is 9.19. The minimum absolute atomic E-state index is 0. The van der Waals surface area contributed by atoms with Gasteiger partial charge in [-0.25, -0.2) is 0 Å². The van der Waals surface area contributed by atoms with Crippen molar-refractivity contribution in [2.75, 3.05) is 39.3 Å². The van der Waals surface area contributed by atoms with Gasteiger partial charge in [-0.05, 0) is 25.0 Å². The lowest BCUT2D eigenvalue weighted by atomic mass is 10.0. The molecule has 0 aliphatic carbocycles. The molecule has 1 aliphatic rings. The van der Waals surface area contributed by atoms with Gasteiger partial charge in [-0.15, -0.1) is 24.0 Å². The topological polar surface area (TPSA) is 71.3 Å². The number of anilines is 1. The molecule has 1 aliphatic heterocycles. The van der Waals surface area contributed by atoms with Crippen molar-refractivity contribution in [1.82, 2.24) is 10.6 Å². The van der Waals surface area contributed by atoms with Crippen LogP contribution in [0.5, 0.6) is 11.5 Å². The number of piperidine rings is 1. The zero-order chi connectivity index (χ0) is 19.1. The fraction of sp³-hybridized carbons (Fsp3) is 0.450. The molecule has 1 aromatic carbocycles. The maximum absolute atomic E-state index is 5.38. The van der Waals surface area contributed by atoms with Crippen LogP contribution in [0.2, 0.25) is 0 Å². The van der Waals surface area contributed by atoms with E-state index in [0.29, 0.717) is 12.6 Å². The van der Waals surface area contributed by atoms with Crippen LogP contribution >= 0.6 is 24.0 Å². The van der Waals surface area contributed by atoms with Gasteiger partial charge in [0.05, 0.1) is 27.0 Å². The number of hydrogen-bond donors (Lipinski definition) is 2. The van der Waals surface area contributed by atoms with Crippen LogP contribution in [0.3, 0.4) is 0 Å². The number of aliphatic imine (C=N–C) groups is 1. The van der Waals surface area contributed by atoms with Gasteiger partial charge in [0.15, 0.2) is 5.96 Å². The van der Waals surface area contributed by atoms with Crippen LogP contribution in [0.1, 0.15) is 18.6 Å². The Kier molecular flexibility index (Phi) is 8.75. The van der Waals surface area contributed by atoms with Gasteiger partial charge >= 0.3 is 0 Å². The van der Waals surface area contributed by atoms with Gasteiger partial charge in [0.2, 0.25) is 0 Å². The van der Waals surface area contributed by atoms with E-state index in [1.165, 1.54) is 0 Å². The highest BCUT2D eigenvalue weighted by atomic mass is 127. The highest BCUT2D eigenvalue weighted by molar-refractivity contribution is 14.0. The molecule has 2 aromatic rings. The molecule has 0 bridgehead atoms. The van der Waals surface area contributed by atoms with Crippen LogP contribution in [0.4, 0.5) is 5.69 Å². The number of guanidine groups is 1. The Balaban J connectivity index is 0.00000280. The molecular formula is C20H29IN4O3. The van der Waals surface area contributed by atoms with E-state index in [1.54, 1.807) is 27.5 Å². The maximum atomic E-state index is 5.38. The zero-order valence-corrected chi connectivity index (χ0v) is 18.9. The number of benzene rings is 1. The smallest absolute Gasteiger partial charge is 0.191 e. The second kappa shape index (κ2) is 11.0. The van der Waals surface area contributed by atoms with Crippen LogP contribution < -0.4 is 25.0 Å². The Morgan fingerprint density at radius 1 is 1.18 bits per heavy atom. The lowest BCUT2D eigenvalue weighted by molar-refractivity contribution is 0.393. The number of nitrogens with zero attached hydrogens (tertiary/aromatic N) is 2. The number of ether oxygens (including phenoxy) is 2. The number of nitrogens with one attached hydrogen (secondary N) is 2. The SMILES string of the molecule is CN=C(NCc1ccco1)NC1CCN(c2cc(OC)cc(OC)c2)CC1.I. The van der Waals surface area contributed by atoms with E-state index in [2.05, 4.69) is 32.7 Å². The van der Waals surface area contributed by atoms with Gasteiger partial charge in [0.1, 0.15) is 17.3 Å². The van der Waals surface area contributed by atoms with Crippen molar-refractivity contribution in [3.05, 3.63) is 42.4 Å². The Morgan fingerprint density at radius 2 is 1.86 bits per heavy atom. The molecule has 1 fully saturated rings. The van der Waals surface area contributed by atoms with Gasteiger partial charge in [0.25, 0.3) is 0 Å². The summed E-state index contributed by atoms with van der Waals surface area (Å²) in [7, 11) is 5.14. The highest BCUT2D eigenvalue weighted by Gasteiger charge is 2.21. The van der Waals surface area contributed by atoms with E-state index < -0.39 is 0 Å². The quantitative estimate of drug-likeness (QED) is 0.361. The Hall–Kier alpha value is -2.10. The van der Waals surface area contributed by atoms with E-state index >= 15 is 0 Å². The third-order valence-corrected chi connectivity index (χ3v) is 4.77. The first kappa shape index (κ1) is 22.2. The van der Waals surface area contributed by atoms with Crippen LogP contribution in [0.15, 0.2) is 46.0 Å². The zero-order valence-electron chi connectivity index (χ0n) is 16.6. The largest absolute Gasteiger partial charge is 0.497 e. The number of furan rings is 1. The number of rotatable bonds is 6. The molecule has 0 radical (unpaired) electrons. The van der Waals surface area contributed by atoms with Gasteiger partial charge < -0.3 is 29.4 Å². The molecule has 154 valence electrons. The van der Waals surface area contributed by atoms with Gasteiger partial charge in [-0.2, -0.15) is 0 Å². The summed E-state index contributed by atoms with van der Waals surface area (Å²) < 4.78 is 16.1. The van der Waals surface area contributed by atoms with E-state index in [9.17, 15) is 0 Å². The molecule has 8 heteroatoms. The molecule has 0 atom stereocenters. The lowest BCUT2D eigenvalue weighted by Gasteiger charge is -2.34. The average molecular weight is 500 g/mol. The predicted octanol–water partition coefficient (Wildman–Crippen LogP) is 3.25.